The Hall–Kier alpha value is -3.47. The maximum atomic E-state index is 14.9. The molecule has 2 aromatic heterocycles. The molecule has 0 spiro atoms. The molecule has 0 aromatic carbocycles. The van der Waals surface area contributed by atoms with Crippen LogP contribution >= 0.6 is 0 Å². The zero-order chi connectivity index (χ0) is 26.9. The molecule has 10 nitrogen and oxygen atoms in total. The number of rotatable bonds is 13. The van der Waals surface area contributed by atoms with E-state index in [0.717, 1.165) is 6.07 Å². The molecule has 2 atom stereocenters. The van der Waals surface area contributed by atoms with Crippen LogP contribution in [0.2, 0.25) is 0 Å². The van der Waals surface area contributed by atoms with Crippen molar-refractivity contribution in [3.05, 3.63) is 35.8 Å². The Kier molecular flexibility index (Phi) is 10.4. The fourth-order valence-electron chi connectivity index (χ4n) is 3.41. The number of halogens is 1. The summed E-state index contributed by atoms with van der Waals surface area (Å²) < 4.78 is 30.8. The summed E-state index contributed by atoms with van der Waals surface area (Å²) in [5.74, 6) is -1.74. The van der Waals surface area contributed by atoms with Crippen molar-refractivity contribution in [3.63, 3.8) is 0 Å². The van der Waals surface area contributed by atoms with Gasteiger partial charge in [0.25, 0.3) is 5.91 Å². The Morgan fingerprint density at radius 2 is 1.92 bits per heavy atom. The Labute approximate surface area is 211 Å². The van der Waals surface area contributed by atoms with Crippen LogP contribution in [0.25, 0.3) is 0 Å². The van der Waals surface area contributed by atoms with Crippen LogP contribution in [0.1, 0.15) is 57.8 Å². The lowest BCUT2D eigenvalue weighted by Crippen LogP contribution is -2.31. The molecule has 0 saturated carbocycles. The lowest BCUT2D eigenvalue weighted by Gasteiger charge is -2.26. The summed E-state index contributed by atoms with van der Waals surface area (Å²) in [5, 5.41) is 6.01. The van der Waals surface area contributed by atoms with Crippen molar-refractivity contribution in [2.24, 2.45) is 11.7 Å². The van der Waals surface area contributed by atoms with Crippen LogP contribution in [0.15, 0.2) is 24.4 Å². The molecule has 36 heavy (non-hydrogen) atoms. The highest BCUT2D eigenvalue weighted by molar-refractivity contribution is 5.98. The van der Waals surface area contributed by atoms with Crippen LogP contribution in [0.4, 0.5) is 21.7 Å². The first-order valence-corrected chi connectivity index (χ1v) is 11.8. The number of ether oxygens (including phenoxy) is 3. The minimum absolute atomic E-state index is 0.0628. The number of methoxy groups -OCH3 is 1. The van der Waals surface area contributed by atoms with Crippen LogP contribution in [0.3, 0.4) is 0 Å². The van der Waals surface area contributed by atoms with Crippen LogP contribution < -0.4 is 21.1 Å². The van der Waals surface area contributed by atoms with Crippen molar-refractivity contribution in [1.82, 2.24) is 9.97 Å². The molecule has 2 aromatic rings. The van der Waals surface area contributed by atoms with Gasteiger partial charge in [0.15, 0.2) is 11.6 Å². The topological polar surface area (TPSA) is 138 Å². The minimum Gasteiger partial charge on any atom is -0.475 e. The Bertz CT molecular complexity index is 1040. The number of esters is 1. The first kappa shape index (κ1) is 28.8. The highest BCUT2D eigenvalue weighted by Gasteiger charge is 2.25. The number of amides is 1. The number of nitrogens with two attached hydrogens (primary N) is 1. The molecule has 0 aliphatic rings. The molecule has 0 aliphatic heterocycles. The predicted octanol–water partition coefficient (Wildman–Crippen LogP) is 4.04. The van der Waals surface area contributed by atoms with Crippen molar-refractivity contribution < 1.29 is 28.2 Å². The van der Waals surface area contributed by atoms with E-state index < -0.39 is 17.3 Å². The molecule has 0 fully saturated rings. The van der Waals surface area contributed by atoms with Gasteiger partial charge in [0.1, 0.15) is 18.0 Å². The smallest absolute Gasteiger partial charge is 0.306 e. The Morgan fingerprint density at radius 1 is 1.19 bits per heavy atom. The van der Waals surface area contributed by atoms with Crippen molar-refractivity contribution in [2.75, 3.05) is 31.0 Å². The summed E-state index contributed by atoms with van der Waals surface area (Å²) in [6.07, 6.45) is 2.33. The first-order chi connectivity index (χ1) is 16.9. The summed E-state index contributed by atoms with van der Waals surface area (Å²) >= 11 is 0. The molecule has 11 heteroatoms. The first-order valence-electron chi connectivity index (χ1n) is 11.8. The van der Waals surface area contributed by atoms with Gasteiger partial charge in [0.05, 0.1) is 18.6 Å². The summed E-state index contributed by atoms with van der Waals surface area (Å²) in [5.41, 5.74) is 5.26. The van der Waals surface area contributed by atoms with E-state index in [0.29, 0.717) is 31.2 Å². The van der Waals surface area contributed by atoms with E-state index in [4.69, 9.17) is 19.9 Å². The van der Waals surface area contributed by atoms with Crippen LogP contribution in [0.5, 0.6) is 5.88 Å². The minimum atomic E-state index is -0.842. The van der Waals surface area contributed by atoms with E-state index in [1.807, 2.05) is 13.8 Å². The second kappa shape index (κ2) is 13.0. The molecule has 0 saturated heterocycles. The fraction of sp³-hybridized carbons (Fsp3) is 0.520. The van der Waals surface area contributed by atoms with Crippen LogP contribution in [-0.2, 0) is 14.3 Å². The highest BCUT2D eigenvalue weighted by Crippen LogP contribution is 2.27. The summed E-state index contributed by atoms with van der Waals surface area (Å²) in [6.45, 7) is 9.89. The molecule has 0 aliphatic carbocycles. The van der Waals surface area contributed by atoms with Gasteiger partial charge in [-0.3, -0.25) is 9.59 Å². The highest BCUT2D eigenvalue weighted by atomic mass is 19.1. The number of primary amides is 1. The molecule has 4 N–H and O–H groups in total. The molecule has 0 radical (unpaired) electrons. The van der Waals surface area contributed by atoms with Crippen LogP contribution in [-0.4, -0.2) is 53.8 Å². The van der Waals surface area contributed by atoms with Gasteiger partial charge in [-0.25, -0.2) is 14.4 Å². The lowest BCUT2D eigenvalue weighted by atomic mass is 9.94. The molecular formula is C25H36FN5O5. The number of nitrogens with one attached hydrogen (secondary N) is 2. The average Bonchev–Trinajstić information content (AvgIpc) is 2.78. The average molecular weight is 506 g/mol. The molecule has 2 rings (SSSR count). The quantitative estimate of drug-likeness (QED) is 0.272. The van der Waals surface area contributed by atoms with E-state index in [2.05, 4.69) is 20.6 Å². The number of pyridine rings is 2. The Morgan fingerprint density at radius 3 is 2.53 bits per heavy atom. The monoisotopic (exact) mass is 505 g/mol. The van der Waals surface area contributed by atoms with E-state index in [-0.39, 0.29) is 41.5 Å². The number of nitrogens with zero attached hydrogens (tertiary/aromatic N) is 2. The third-order valence-electron chi connectivity index (χ3n) is 5.22. The molecule has 0 unspecified atom stereocenters. The third-order valence-corrected chi connectivity index (χ3v) is 5.22. The molecular weight excluding hydrogens is 469 g/mol. The number of hydrogen-bond donors (Lipinski definition) is 3. The largest absolute Gasteiger partial charge is 0.475 e. The molecule has 198 valence electrons. The van der Waals surface area contributed by atoms with Gasteiger partial charge in [-0.15, -0.1) is 0 Å². The number of anilines is 3. The SMILES string of the molecule is CC[C@H](CC(=O)OC(C)(C)C)[C@@H](C)Nc1nc(Nc2ccnc(OCCOC)c2)c(C(N)=O)cc1F. The van der Waals surface area contributed by atoms with Gasteiger partial charge in [0, 0.05) is 31.1 Å². The number of carbonyl (C=O) groups is 2. The normalized spacial score (nSPS) is 13.0. The van der Waals surface area contributed by atoms with E-state index >= 15 is 0 Å². The van der Waals surface area contributed by atoms with Crippen molar-refractivity contribution >= 4 is 29.2 Å². The van der Waals surface area contributed by atoms with Gasteiger partial charge in [-0.05, 0) is 45.7 Å². The second-order valence-corrected chi connectivity index (χ2v) is 9.32. The molecule has 1 amide bonds. The van der Waals surface area contributed by atoms with Gasteiger partial charge in [-0.2, -0.15) is 0 Å². The zero-order valence-electron chi connectivity index (χ0n) is 21.7. The molecule has 2 heterocycles. The second-order valence-electron chi connectivity index (χ2n) is 9.32. The maximum absolute atomic E-state index is 14.9. The van der Waals surface area contributed by atoms with Gasteiger partial charge in [-0.1, -0.05) is 13.3 Å². The standard InChI is InChI=1S/C25H36FN5O5/c1-7-16(12-21(32)36-25(3,4)5)15(2)29-24-19(26)14-18(22(27)33)23(31-24)30-17-8-9-28-20(13-17)35-11-10-34-6/h8-9,13-16H,7,10-12H2,1-6H3,(H2,27,33)(H2,28,29,30,31)/t15-,16-/m1/s1. The number of carbonyl (C=O) groups excluding carboxylic acids is 2. The number of aromatic nitrogens is 2. The van der Waals surface area contributed by atoms with Crippen molar-refractivity contribution in [1.29, 1.82) is 0 Å². The predicted molar refractivity (Wildman–Crippen MR) is 135 cm³/mol. The van der Waals surface area contributed by atoms with Crippen molar-refractivity contribution in [3.8, 4) is 5.88 Å². The Balaban J connectivity index is 2.24. The van der Waals surface area contributed by atoms with Gasteiger partial charge in [0.2, 0.25) is 5.88 Å². The fourth-order valence-corrected chi connectivity index (χ4v) is 3.41. The van der Waals surface area contributed by atoms with E-state index in [1.165, 1.54) is 6.20 Å². The number of hydrogen-bond acceptors (Lipinski definition) is 9. The lowest BCUT2D eigenvalue weighted by molar-refractivity contribution is -0.156. The van der Waals surface area contributed by atoms with Crippen LogP contribution in [0, 0.1) is 11.7 Å². The zero-order valence-corrected chi connectivity index (χ0v) is 21.7. The van der Waals surface area contributed by atoms with E-state index in [1.54, 1.807) is 40.0 Å². The third kappa shape index (κ3) is 8.95. The van der Waals surface area contributed by atoms with Gasteiger partial charge < -0.3 is 30.6 Å². The van der Waals surface area contributed by atoms with Gasteiger partial charge >= 0.3 is 5.97 Å². The summed E-state index contributed by atoms with van der Waals surface area (Å²) in [7, 11) is 1.56. The molecule has 0 bridgehead atoms. The summed E-state index contributed by atoms with van der Waals surface area (Å²) in [4.78, 5) is 32.7. The van der Waals surface area contributed by atoms with Crippen molar-refractivity contribution in [2.45, 2.75) is 59.1 Å². The summed E-state index contributed by atoms with van der Waals surface area (Å²) in [6, 6.07) is 3.95. The maximum Gasteiger partial charge on any atom is 0.306 e. The van der Waals surface area contributed by atoms with E-state index in [9.17, 15) is 14.0 Å².